The molecule has 0 aliphatic carbocycles. The van der Waals surface area contributed by atoms with E-state index in [0.29, 0.717) is 12.2 Å². The predicted molar refractivity (Wildman–Crippen MR) is 50.3 cm³/mol. The Balaban J connectivity index is 2.32. The Morgan fingerprint density at radius 3 is 2.93 bits per heavy atom. The minimum absolute atomic E-state index is 0.0864. The molecule has 0 aliphatic heterocycles. The zero-order chi connectivity index (χ0) is 10.8. The molecule has 0 aromatic carbocycles. The molecule has 0 aliphatic rings. The average molecular weight is 226 g/mol. The van der Waals surface area contributed by atoms with Crippen LogP contribution in [0.4, 0.5) is 0 Å². The number of hydrogen-bond donors (Lipinski definition) is 2. The summed E-state index contributed by atoms with van der Waals surface area (Å²) >= 11 is 1.35. The molecule has 0 bridgehead atoms. The van der Waals surface area contributed by atoms with Crippen molar-refractivity contribution in [3.63, 3.8) is 0 Å². The van der Waals surface area contributed by atoms with E-state index >= 15 is 0 Å². The second-order valence-corrected chi connectivity index (χ2v) is 3.50. The summed E-state index contributed by atoms with van der Waals surface area (Å²) < 4.78 is 4.73. The molecule has 0 atom stereocenters. The van der Waals surface area contributed by atoms with Gasteiger partial charge in [0, 0.05) is 11.9 Å². The Labute approximate surface area is 87.6 Å². The van der Waals surface area contributed by atoms with Crippen molar-refractivity contribution in [1.82, 2.24) is 15.1 Å². The first kappa shape index (κ1) is 9.74. The highest BCUT2D eigenvalue weighted by atomic mass is 32.1. The zero-order valence-corrected chi connectivity index (χ0v) is 8.19. The summed E-state index contributed by atoms with van der Waals surface area (Å²) in [6, 6.07) is 0. The molecule has 2 rings (SSSR count). The van der Waals surface area contributed by atoms with E-state index in [4.69, 9.17) is 15.4 Å². The van der Waals surface area contributed by atoms with Crippen molar-refractivity contribution < 1.29 is 14.4 Å². The van der Waals surface area contributed by atoms with Gasteiger partial charge >= 0.3 is 5.97 Å². The van der Waals surface area contributed by atoms with Crippen LogP contribution in [-0.2, 0) is 6.54 Å². The normalized spacial score (nSPS) is 10.5. The molecular weight excluding hydrogens is 220 g/mol. The van der Waals surface area contributed by atoms with Crippen molar-refractivity contribution in [2.45, 2.75) is 6.54 Å². The maximum absolute atomic E-state index is 10.5. The molecule has 0 saturated carbocycles. The Morgan fingerprint density at radius 1 is 1.60 bits per heavy atom. The molecule has 2 aromatic heterocycles. The Bertz CT molecular complexity index is 492. The number of carbonyl (C=O) groups is 1. The first-order valence-corrected chi connectivity index (χ1v) is 4.80. The number of carboxylic acid groups (broad SMARTS) is 1. The van der Waals surface area contributed by atoms with E-state index in [1.807, 2.05) is 0 Å². The van der Waals surface area contributed by atoms with Gasteiger partial charge in [0.15, 0.2) is 0 Å². The van der Waals surface area contributed by atoms with Gasteiger partial charge in [-0.1, -0.05) is 0 Å². The largest absolute Gasteiger partial charge is 0.475 e. The van der Waals surface area contributed by atoms with Crippen LogP contribution >= 0.6 is 11.3 Å². The number of nitrogens with two attached hydrogens (primary N) is 1. The maximum Gasteiger partial charge on any atom is 0.377 e. The van der Waals surface area contributed by atoms with Crippen molar-refractivity contribution in [3.05, 3.63) is 16.2 Å². The Kier molecular flexibility index (Phi) is 2.44. The summed E-state index contributed by atoms with van der Waals surface area (Å²) in [5.74, 6) is -1.53. The number of aromatic carboxylic acids is 1. The van der Waals surface area contributed by atoms with E-state index in [9.17, 15) is 4.79 Å². The highest BCUT2D eigenvalue weighted by molar-refractivity contribution is 7.09. The van der Waals surface area contributed by atoms with Gasteiger partial charge in [0.2, 0.25) is 0 Å². The van der Waals surface area contributed by atoms with Crippen LogP contribution in [-0.4, -0.2) is 26.2 Å². The van der Waals surface area contributed by atoms with Gasteiger partial charge in [-0.05, 0) is 5.16 Å². The van der Waals surface area contributed by atoms with Crippen LogP contribution in [0.5, 0.6) is 0 Å². The number of thiazole rings is 1. The molecule has 0 saturated heterocycles. The van der Waals surface area contributed by atoms with Crippen LogP contribution in [0.1, 0.15) is 15.6 Å². The van der Waals surface area contributed by atoms with E-state index in [-0.39, 0.29) is 11.7 Å². The van der Waals surface area contributed by atoms with Crippen molar-refractivity contribution in [2.75, 3.05) is 0 Å². The molecule has 0 amide bonds. The van der Waals surface area contributed by atoms with Gasteiger partial charge in [-0.3, -0.25) is 0 Å². The summed E-state index contributed by atoms with van der Waals surface area (Å²) in [6.45, 7) is 0.324. The van der Waals surface area contributed by atoms with Gasteiger partial charge in [-0.25, -0.2) is 9.78 Å². The van der Waals surface area contributed by atoms with E-state index in [2.05, 4.69) is 15.1 Å². The van der Waals surface area contributed by atoms with Crippen LogP contribution in [0.15, 0.2) is 9.90 Å². The van der Waals surface area contributed by atoms with Crippen molar-refractivity contribution in [1.29, 1.82) is 0 Å². The van der Waals surface area contributed by atoms with Crippen LogP contribution in [0.3, 0.4) is 0 Å². The van der Waals surface area contributed by atoms with E-state index in [1.165, 1.54) is 11.3 Å². The van der Waals surface area contributed by atoms with E-state index in [0.717, 1.165) is 5.01 Å². The molecule has 8 heteroatoms. The van der Waals surface area contributed by atoms with Crippen LogP contribution in [0, 0.1) is 0 Å². The highest BCUT2D eigenvalue weighted by Crippen LogP contribution is 2.19. The molecule has 15 heavy (non-hydrogen) atoms. The van der Waals surface area contributed by atoms with Crippen molar-refractivity contribution >= 4 is 17.3 Å². The van der Waals surface area contributed by atoms with Gasteiger partial charge in [0.05, 0.1) is 0 Å². The summed E-state index contributed by atoms with van der Waals surface area (Å²) in [5.41, 5.74) is 5.83. The average Bonchev–Trinajstić information content (AvgIpc) is 2.86. The molecule has 2 heterocycles. The second-order valence-electron chi connectivity index (χ2n) is 2.56. The first-order chi connectivity index (χ1) is 7.20. The number of nitrogens with zero attached hydrogens (tertiary/aromatic N) is 3. The fraction of sp³-hybridized carbons (Fsp3) is 0.143. The Morgan fingerprint density at radius 2 is 2.40 bits per heavy atom. The zero-order valence-electron chi connectivity index (χ0n) is 7.38. The molecule has 7 nitrogen and oxygen atoms in total. The monoisotopic (exact) mass is 226 g/mol. The second kappa shape index (κ2) is 3.75. The van der Waals surface area contributed by atoms with Gasteiger partial charge in [0.1, 0.15) is 10.7 Å². The lowest BCUT2D eigenvalue weighted by Crippen LogP contribution is -1.98. The quantitative estimate of drug-likeness (QED) is 0.775. The lowest BCUT2D eigenvalue weighted by molar-refractivity contribution is 0.0680. The maximum atomic E-state index is 10.5. The lowest BCUT2D eigenvalue weighted by Gasteiger charge is -1.84. The van der Waals surface area contributed by atoms with Crippen LogP contribution in [0.25, 0.3) is 11.6 Å². The fourth-order valence-electron chi connectivity index (χ4n) is 0.917. The minimum Gasteiger partial charge on any atom is -0.475 e. The SMILES string of the molecule is NCc1nc(-c2nc(C(=O)O)no2)cs1. The molecule has 0 fully saturated rings. The molecule has 0 unspecified atom stereocenters. The van der Waals surface area contributed by atoms with Gasteiger partial charge in [0.25, 0.3) is 11.7 Å². The van der Waals surface area contributed by atoms with Crippen molar-refractivity contribution in [2.24, 2.45) is 5.73 Å². The van der Waals surface area contributed by atoms with Crippen LogP contribution in [0.2, 0.25) is 0 Å². The summed E-state index contributed by atoms with van der Waals surface area (Å²) in [7, 11) is 0. The molecule has 0 radical (unpaired) electrons. The number of rotatable bonds is 3. The number of hydrogen-bond acceptors (Lipinski definition) is 7. The topological polar surface area (TPSA) is 115 Å². The standard InChI is InChI=1S/C7H6N4O3S/c8-1-4-9-3(2-15-4)6-10-5(7(12)13)11-14-6/h2H,1,8H2,(H,12,13). The summed E-state index contributed by atoms with van der Waals surface area (Å²) in [6.07, 6.45) is 0. The number of carboxylic acids is 1. The Hall–Kier alpha value is -1.80. The predicted octanol–water partition coefficient (Wildman–Crippen LogP) is 0.350. The molecule has 3 N–H and O–H groups in total. The number of aromatic nitrogens is 3. The molecule has 0 spiro atoms. The van der Waals surface area contributed by atoms with Crippen LogP contribution < -0.4 is 5.73 Å². The smallest absolute Gasteiger partial charge is 0.377 e. The summed E-state index contributed by atoms with van der Waals surface area (Å²) in [4.78, 5) is 18.2. The first-order valence-electron chi connectivity index (χ1n) is 3.92. The molecular formula is C7H6N4O3S. The van der Waals surface area contributed by atoms with Crippen molar-refractivity contribution in [3.8, 4) is 11.6 Å². The third-order valence-corrected chi connectivity index (χ3v) is 2.43. The van der Waals surface area contributed by atoms with Gasteiger partial charge in [-0.2, -0.15) is 4.98 Å². The third-order valence-electron chi connectivity index (χ3n) is 1.56. The summed E-state index contributed by atoms with van der Waals surface area (Å²) in [5, 5.41) is 14.3. The lowest BCUT2D eigenvalue weighted by atomic mass is 10.5. The van der Waals surface area contributed by atoms with Gasteiger partial charge < -0.3 is 15.4 Å². The fourth-order valence-corrected chi connectivity index (χ4v) is 1.57. The molecule has 2 aromatic rings. The highest BCUT2D eigenvalue weighted by Gasteiger charge is 2.16. The minimum atomic E-state index is -1.24. The third kappa shape index (κ3) is 1.85. The van der Waals surface area contributed by atoms with E-state index < -0.39 is 5.97 Å². The van der Waals surface area contributed by atoms with E-state index in [1.54, 1.807) is 5.38 Å². The molecule has 78 valence electrons. The van der Waals surface area contributed by atoms with Gasteiger partial charge in [-0.15, -0.1) is 11.3 Å².